The fraction of sp³-hybridized carbons (Fsp3) is 0.486. The number of nitrogens with one attached hydrogen (secondary N) is 2. The molecule has 0 spiro atoms. The van der Waals surface area contributed by atoms with Crippen molar-refractivity contribution in [1.29, 1.82) is 0 Å². The van der Waals surface area contributed by atoms with Crippen molar-refractivity contribution in [2.75, 3.05) is 26.2 Å². The number of amides is 2. The van der Waals surface area contributed by atoms with Crippen LogP contribution < -0.4 is 10.6 Å². The number of pyridine rings is 1. The molecular weight excluding hydrogens is 578 g/mol. The maximum absolute atomic E-state index is 14.3. The number of aromatic nitrogens is 1. The lowest BCUT2D eigenvalue weighted by molar-refractivity contribution is -0.156. The average molecular weight is 628 g/mol. The van der Waals surface area contributed by atoms with Crippen molar-refractivity contribution in [2.24, 2.45) is 0 Å². The predicted octanol–water partition coefficient (Wildman–Crippen LogP) is 4.45. The van der Waals surface area contributed by atoms with Crippen LogP contribution in [0.15, 0.2) is 78.9 Å². The minimum atomic E-state index is -1.19. The van der Waals surface area contributed by atoms with Crippen LogP contribution in [-0.2, 0) is 45.4 Å². The molecule has 1 aromatic heterocycles. The van der Waals surface area contributed by atoms with Gasteiger partial charge in [-0.2, -0.15) is 0 Å². The Morgan fingerprint density at radius 2 is 0.978 bits per heavy atom. The van der Waals surface area contributed by atoms with Crippen LogP contribution in [0.1, 0.15) is 64.1 Å². The number of nitrogens with zero attached hydrogens (tertiary/aromatic N) is 3. The topological polar surface area (TPSA) is 96.0 Å². The molecule has 2 aromatic carbocycles. The lowest BCUT2D eigenvalue weighted by Crippen LogP contribution is -2.65. The molecule has 9 nitrogen and oxygen atoms in total. The van der Waals surface area contributed by atoms with Crippen LogP contribution in [0.3, 0.4) is 0 Å². The smallest absolute Gasteiger partial charge is 0.253 e. The summed E-state index contributed by atoms with van der Waals surface area (Å²) in [5.74, 6) is -0.362. The van der Waals surface area contributed by atoms with Gasteiger partial charge in [0, 0.05) is 50.3 Å². The summed E-state index contributed by atoms with van der Waals surface area (Å²) in [6.45, 7) is 14.8. The number of fused-ring (bicyclic) bond motifs is 2. The molecule has 246 valence electrons. The largest absolute Gasteiger partial charge is 0.359 e. The van der Waals surface area contributed by atoms with Crippen LogP contribution in [0.25, 0.3) is 0 Å². The third kappa shape index (κ3) is 8.79. The zero-order valence-electron chi connectivity index (χ0n) is 28.1. The van der Waals surface area contributed by atoms with Crippen LogP contribution in [0.4, 0.5) is 0 Å². The third-order valence-corrected chi connectivity index (χ3v) is 8.59. The molecule has 0 saturated heterocycles. The second-order valence-corrected chi connectivity index (χ2v) is 14.6. The highest BCUT2D eigenvalue weighted by Crippen LogP contribution is 2.26. The first-order valence-electron chi connectivity index (χ1n) is 16.1. The number of carbonyl (C=O) groups is 2. The molecule has 2 unspecified atom stereocenters. The van der Waals surface area contributed by atoms with Crippen molar-refractivity contribution in [3.05, 3.63) is 101 Å². The van der Waals surface area contributed by atoms with Gasteiger partial charge in [-0.25, -0.2) is 0 Å². The molecule has 4 bridgehead atoms. The number of rotatable bonds is 6. The summed E-state index contributed by atoms with van der Waals surface area (Å²) in [6.07, 6.45) is 0. The molecule has 0 saturated carbocycles. The molecule has 0 fully saturated rings. The van der Waals surface area contributed by atoms with Gasteiger partial charge in [0.25, 0.3) is 11.8 Å². The highest BCUT2D eigenvalue weighted by Gasteiger charge is 2.44. The lowest BCUT2D eigenvalue weighted by atomic mass is 9.95. The predicted molar refractivity (Wildman–Crippen MR) is 179 cm³/mol. The third-order valence-electron chi connectivity index (χ3n) is 8.59. The van der Waals surface area contributed by atoms with E-state index in [1.165, 1.54) is 0 Å². The van der Waals surface area contributed by atoms with Gasteiger partial charge < -0.3 is 20.1 Å². The van der Waals surface area contributed by atoms with E-state index < -0.39 is 22.3 Å². The van der Waals surface area contributed by atoms with E-state index in [0.717, 1.165) is 22.5 Å². The van der Waals surface area contributed by atoms with Gasteiger partial charge in [0.15, 0.2) is 11.2 Å². The Labute approximate surface area is 273 Å². The zero-order chi connectivity index (χ0) is 33.0. The van der Waals surface area contributed by atoms with E-state index in [9.17, 15) is 9.59 Å². The zero-order valence-corrected chi connectivity index (χ0v) is 28.1. The standard InChI is InChI=1S/C37H49N5O4/c1-34(2)24-41-20-30-18-13-19-31(38-30)21-42(27-36(5,32(43)39-34)45-22-28-14-9-7-10-15-28)25-35(3,4)40-33(44)37(6,26-41)46-23-29-16-11-8-12-17-29/h7-19H,20-27H2,1-6H3,(H,39,43)(H,40,44)/t36-,37+. The first-order chi connectivity index (χ1) is 21.7. The molecule has 4 atom stereocenters. The van der Waals surface area contributed by atoms with Crippen molar-refractivity contribution < 1.29 is 19.1 Å². The Morgan fingerprint density at radius 1 is 0.587 bits per heavy atom. The van der Waals surface area contributed by atoms with Gasteiger partial charge in [0.1, 0.15) is 0 Å². The van der Waals surface area contributed by atoms with E-state index in [1.807, 2.05) is 120 Å². The summed E-state index contributed by atoms with van der Waals surface area (Å²) in [6, 6.07) is 25.9. The molecule has 0 radical (unpaired) electrons. The molecule has 2 N–H and O–H groups in total. The van der Waals surface area contributed by atoms with E-state index in [-0.39, 0.29) is 25.0 Å². The number of hydrogen-bond acceptors (Lipinski definition) is 7. The summed E-state index contributed by atoms with van der Waals surface area (Å²) < 4.78 is 13.1. The van der Waals surface area contributed by atoms with Crippen LogP contribution in [0.5, 0.6) is 0 Å². The van der Waals surface area contributed by atoms with Gasteiger partial charge in [-0.15, -0.1) is 0 Å². The molecule has 2 amide bonds. The number of ether oxygens (including phenoxy) is 2. The molecular formula is C37H49N5O4. The number of benzene rings is 2. The Kier molecular flexibility index (Phi) is 9.98. The molecule has 9 heteroatoms. The number of carbonyl (C=O) groups excluding carboxylic acids is 2. The monoisotopic (exact) mass is 627 g/mol. The van der Waals surface area contributed by atoms with Crippen LogP contribution in [-0.4, -0.2) is 75.1 Å². The Hall–Kier alpha value is -3.63. The second-order valence-electron chi connectivity index (χ2n) is 14.6. The molecule has 3 aromatic rings. The van der Waals surface area contributed by atoms with Crippen LogP contribution in [0.2, 0.25) is 0 Å². The quantitative estimate of drug-likeness (QED) is 0.417. The van der Waals surface area contributed by atoms with Gasteiger partial charge in [-0.3, -0.25) is 24.4 Å². The van der Waals surface area contributed by atoms with Gasteiger partial charge in [0.05, 0.1) is 24.6 Å². The Morgan fingerprint density at radius 3 is 1.37 bits per heavy atom. The Bertz CT molecular complexity index is 1390. The summed E-state index contributed by atoms with van der Waals surface area (Å²) in [5, 5.41) is 6.64. The second kappa shape index (κ2) is 13.6. The average Bonchev–Trinajstić information content (AvgIpc) is 2.99. The van der Waals surface area contributed by atoms with E-state index in [0.29, 0.717) is 39.3 Å². The van der Waals surface area contributed by atoms with E-state index in [1.54, 1.807) is 0 Å². The Balaban J connectivity index is 1.56. The summed E-state index contributed by atoms with van der Waals surface area (Å²) in [5.41, 5.74) is 0.0288. The SMILES string of the molecule is CC1(C)CN2Cc3cccc(n3)CN(CC(C)(C)NC(=O)[C@@](C)(OCc3ccccc3)C2)C[C@@](C)(OCc2ccccc2)C(=O)N1. The van der Waals surface area contributed by atoms with Crippen molar-refractivity contribution in [1.82, 2.24) is 25.4 Å². The maximum Gasteiger partial charge on any atom is 0.253 e. The normalized spacial score (nSPS) is 28.1. The van der Waals surface area contributed by atoms with Crippen molar-refractivity contribution in [2.45, 2.75) is 90.1 Å². The summed E-state index contributed by atoms with van der Waals surface area (Å²) in [4.78, 5) is 38.0. The van der Waals surface area contributed by atoms with Gasteiger partial charge in [0.2, 0.25) is 0 Å². The van der Waals surface area contributed by atoms with E-state index in [4.69, 9.17) is 14.5 Å². The molecule has 2 aliphatic heterocycles. The van der Waals surface area contributed by atoms with E-state index >= 15 is 0 Å². The molecule has 3 heterocycles. The summed E-state index contributed by atoms with van der Waals surface area (Å²) >= 11 is 0. The molecule has 0 aliphatic carbocycles. The highest BCUT2D eigenvalue weighted by atomic mass is 16.5. The van der Waals surface area contributed by atoms with Crippen molar-refractivity contribution >= 4 is 11.8 Å². The molecule has 46 heavy (non-hydrogen) atoms. The van der Waals surface area contributed by atoms with Crippen LogP contribution in [0, 0.1) is 0 Å². The minimum absolute atomic E-state index is 0.181. The van der Waals surface area contributed by atoms with Gasteiger partial charge in [-0.05, 0) is 64.8 Å². The lowest BCUT2D eigenvalue weighted by Gasteiger charge is -2.43. The summed E-state index contributed by atoms with van der Waals surface area (Å²) in [7, 11) is 0. The van der Waals surface area contributed by atoms with E-state index in [2.05, 4.69) is 20.4 Å². The minimum Gasteiger partial charge on any atom is -0.359 e. The first kappa shape index (κ1) is 33.7. The fourth-order valence-electron chi connectivity index (χ4n) is 6.43. The van der Waals surface area contributed by atoms with Crippen molar-refractivity contribution in [3.63, 3.8) is 0 Å². The number of hydrogen-bond donors (Lipinski definition) is 2. The van der Waals surface area contributed by atoms with Gasteiger partial charge in [-0.1, -0.05) is 66.7 Å². The fourth-order valence-corrected chi connectivity index (χ4v) is 6.43. The molecule has 2 aliphatic rings. The maximum atomic E-state index is 14.3. The van der Waals surface area contributed by atoms with Crippen molar-refractivity contribution in [3.8, 4) is 0 Å². The first-order valence-corrected chi connectivity index (χ1v) is 16.1. The molecule has 5 rings (SSSR count). The van der Waals surface area contributed by atoms with Gasteiger partial charge >= 0.3 is 0 Å². The van der Waals surface area contributed by atoms with Crippen LogP contribution >= 0.6 is 0 Å². The highest BCUT2D eigenvalue weighted by molar-refractivity contribution is 5.86.